The normalized spacial score (nSPS) is 11.1. The second kappa shape index (κ2) is 5.12. The predicted octanol–water partition coefficient (Wildman–Crippen LogP) is 5.16. The van der Waals surface area contributed by atoms with Gasteiger partial charge in [-0.3, -0.25) is 0 Å². The lowest BCUT2D eigenvalue weighted by molar-refractivity contribution is 0.810. The van der Waals surface area contributed by atoms with E-state index in [1.54, 1.807) is 0 Å². The maximum atomic E-state index is 6.27. The molecule has 0 radical (unpaired) electrons. The van der Waals surface area contributed by atoms with Gasteiger partial charge in [0, 0.05) is 4.47 Å². The molecule has 0 unspecified atom stereocenters. The molecular formula is C14H10BrClN2S. The van der Waals surface area contributed by atoms with Crippen LogP contribution >= 0.6 is 39.7 Å². The number of nitrogens with one attached hydrogen (secondary N) is 1. The molecule has 2 nitrogen and oxygen atoms in total. The summed E-state index contributed by atoms with van der Waals surface area (Å²) in [6.07, 6.45) is 0. The van der Waals surface area contributed by atoms with E-state index < -0.39 is 0 Å². The number of benzene rings is 2. The topological polar surface area (TPSA) is 20.7 Å². The Hall–Kier alpha value is -1.10. The SMILES string of the molecule is S=c1[nH]c2cccc(Cl)c2n1Cc1ccc(Br)cc1. The second-order valence-electron chi connectivity index (χ2n) is 4.28. The molecule has 0 aliphatic heterocycles. The van der Waals surface area contributed by atoms with Gasteiger partial charge in [0.1, 0.15) is 0 Å². The van der Waals surface area contributed by atoms with Crippen molar-refractivity contribution in [1.82, 2.24) is 9.55 Å². The Labute approximate surface area is 129 Å². The van der Waals surface area contributed by atoms with Gasteiger partial charge in [-0.15, -0.1) is 0 Å². The lowest BCUT2D eigenvalue weighted by Crippen LogP contribution is -1.99. The summed E-state index contributed by atoms with van der Waals surface area (Å²) in [5.41, 5.74) is 3.10. The van der Waals surface area contributed by atoms with Crippen LogP contribution in [0.25, 0.3) is 11.0 Å². The highest BCUT2D eigenvalue weighted by molar-refractivity contribution is 9.10. The minimum absolute atomic E-state index is 0.686. The summed E-state index contributed by atoms with van der Waals surface area (Å²) < 4.78 is 3.78. The molecular weight excluding hydrogens is 344 g/mol. The zero-order chi connectivity index (χ0) is 13.4. The first kappa shape index (κ1) is 12.9. The maximum Gasteiger partial charge on any atom is 0.178 e. The van der Waals surface area contributed by atoms with E-state index in [9.17, 15) is 0 Å². The second-order valence-corrected chi connectivity index (χ2v) is 5.99. The summed E-state index contributed by atoms with van der Waals surface area (Å²) in [5, 5.41) is 0.710. The standard InChI is InChI=1S/C14H10BrClN2S/c15-10-6-4-9(5-7-10)8-18-13-11(16)2-1-3-12(13)17-14(18)19/h1-7H,8H2,(H,17,19). The van der Waals surface area contributed by atoms with E-state index >= 15 is 0 Å². The number of hydrogen-bond acceptors (Lipinski definition) is 1. The van der Waals surface area contributed by atoms with Gasteiger partial charge in [0.15, 0.2) is 4.77 Å². The fourth-order valence-electron chi connectivity index (χ4n) is 2.10. The number of imidazole rings is 1. The van der Waals surface area contributed by atoms with Crippen LogP contribution in [0, 0.1) is 4.77 Å². The van der Waals surface area contributed by atoms with Gasteiger partial charge in [-0.2, -0.15) is 0 Å². The van der Waals surface area contributed by atoms with E-state index in [4.69, 9.17) is 23.8 Å². The van der Waals surface area contributed by atoms with Gasteiger partial charge in [0.2, 0.25) is 0 Å². The van der Waals surface area contributed by atoms with Crippen molar-refractivity contribution in [2.45, 2.75) is 6.54 Å². The Bertz CT molecular complexity index is 789. The molecule has 0 fully saturated rings. The zero-order valence-electron chi connectivity index (χ0n) is 9.86. The van der Waals surface area contributed by atoms with Crippen LogP contribution in [-0.2, 0) is 6.54 Å². The van der Waals surface area contributed by atoms with Crippen molar-refractivity contribution in [2.75, 3.05) is 0 Å². The number of aromatic nitrogens is 2. The molecule has 1 heterocycles. The summed E-state index contributed by atoms with van der Waals surface area (Å²) in [5.74, 6) is 0. The Kier molecular flexibility index (Phi) is 3.48. The average molecular weight is 354 g/mol. The van der Waals surface area contributed by atoms with Gasteiger partial charge in [-0.25, -0.2) is 0 Å². The van der Waals surface area contributed by atoms with E-state index in [-0.39, 0.29) is 0 Å². The van der Waals surface area contributed by atoms with Crippen molar-refractivity contribution in [3.63, 3.8) is 0 Å². The van der Waals surface area contributed by atoms with Crippen LogP contribution in [0.1, 0.15) is 5.56 Å². The van der Waals surface area contributed by atoms with Crippen LogP contribution in [0.4, 0.5) is 0 Å². The molecule has 0 aliphatic rings. The molecule has 1 aromatic heterocycles. The Balaban J connectivity index is 2.12. The van der Waals surface area contributed by atoms with Crippen LogP contribution in [0.5, 0.6) is 0 Å². The van der Waals surface area contributed by atoms with Crippen molar-refractivity contribution in [3.05, 3.63) is 62.3 Å². The largest absolute Gasteiger partial charge is 0.331 e. The Morgan fingerprint density at radius 1 is 1.16 bits per heavy atom. The van der Waals surface area contributed by atoms with E-state index in [0.717, 1.165) is 15.5 Å². The zero-order valence-corrected chi connectivity index (χ0v) is 13.0. The van der Waals surface area contributed by atoms with Crippen molar-refractivity contribution >= 4 is 50.8 Å². The van der Waals surface area contributed by atoms with Crippen LogP contribution in [0.3, 0.4) is 0 Å². The number of H-pyrrole nitrogens is 1. The number of halogens is 2. The Morgan fingerprint density at radius 3 is 2.63 bits per heavy atom. The summed E-state index contributed by atoms with van der Waals surface area (Å²) in [4.78, 5) is 3.18. The van der Waals surface area contributed by atoms with Crippen LogP contribution in [0.15, 0.2) is 46.9 Å². The molecule has 0 bridgehead atoms. The smallest absolute Gasteiger partial charge is 0.178 e. The molecule has 19 heavy (non-hydrogen) atoms. The van der Waals surface area contributed by atoms with Crippen molar-refractivity contribution in [1.29, 1.82) is 0 Å². The van der Waals surface area contributed by atoms with E-state index in [1.165, 1.54) is 5.56 Å². The maximum absolute atomic E-state index is 6.27. The number of fused-ring (bicyclic) bond motifs is 1. The number of nitrogens with zero attached hydrogens (tertiary/aromatic N) is 1. The molecule has 3 aromatic rings. The lowest BCUT2D eigenvalue weighted by atomic mass is 10.2. The third-order valence-electron chi connectivity index (χ3n) is 3.00. The molecule has 3 rings (SSSR count). The molecule has 0 aliphatic carbocycles. The van der Waals surface area contributed by atoms with Crippen molar-refractivity contribution < 1.29 is 0 Å². The van der Waals surface area contributed by atoms with Gasteiger partial charge < -0.3 is 9.55 Å². The average Bonchev–Trinajstić information content (AvgIpc) is 2.70. The molecule has 5 heteroatoms. The highest BCUT2D eigenvalue weighted by Gasteiger charge is 2.08. The minimum atomic E-state index is 0.686. The molecule has 0 atom stereocenters. The fourth-order valence-corrected chi connectivity index (χ4v) is 2.90. The summed E-state index contributed by atoms with van der Waals surface area (Å²) in [6, 6.07) is 14.0. The molecule has 96 valence electrons. The van der Waals surface area contributed by atoms with Crippen LogP contribution < -0.4 is 0 Å². The number of hydrogen-bond donors (Lipinski definition) is 1. The van der Waals surface area contributed by atoms with Crippen molar-refractivity contribution in [2.24, 2.45) is 0 Å². The third-order valence-corrected chi connectivity index (χ3v) is 4.15. The van der Waals surface area contributed by atoms with Crippen LogP contribution in [-0.4, -0.2) is 9.55 Å². The summed E-state index contributed by atoms with van der Waals surface area (Å²) in [6.45, 7) is 0.704. The van der Waals surface area contributed by atoms with Gasteiger partial charge in [-0.1, -0.05) is 45.7 Å². The molecule has 0 saturated carbocycles. The monoisotopic (exact) mass is 352 g/mol. The van der Waals surface area contributed by atoms with E-state index in [1.807, 2.05) is 34.9 Å². The van der Waals surface area contributed by atoms with Gasteiger partial charge >= 0.3 is 0 Å². The lowest BCUT2D eigenvalue weighted by Gasteiger charge is -2.06. The molecule has 0 spiro atoms. The first-order chi connectivity index (χ1) is 9.15. The highest BCUT2D eigenvalue weighted by Crippen LogP contribution is 2.24. The molecule has 0 amide bonds. The van der Waals surface area contributed by atoms with E-state index in [2.05, 4.69) is 33.0 Å². The molecule has 2 aromatic carbocycles. The van der Waals surface area contributed by atoms with Gasteiger partial charge in [0.25, 0.3) is 0 Å². The predicted molar refractivity (Wildman–Crippen MR) is 85.4 cm³/mol. The fraction of sp³-hybridized carbons (Fsp3) is 0.0714. The highest BCUT2D eigenvalue weighted by atomic mass is 79.9. The van der Waals surface area contributed by atoms with Gasteiger partial charge in [0.05, 0.1) is 22.6 Å². The first-order valence-electron chi connectivity index (χ1n) is 5.76. The number of rotatable bonds is 2. The van der Waals surface area contributed by atoms with E-state index in [0.29, 0.717) is 16.3 Å². The van der Waals surface area contributed by atoms with Crippen molar-refractivity contribution in [3.8, 4) is 0 Å². The summed E-state index contributed by atoms with van der Waals surface area (Å²) >= 11 is 15.1. The third kappa shape index (κ3) is 2.48. The number of aromatic amines is 1. The molecule has 1 N–H and O–H groups in total. The number of para-hydroxylation sites is 1. The quantitative estimate of drug-likeness (QED) is 0.631. The van der Waals surface area contributed by atoms with Gasteiger partial charge in [-0.05, 0) is 42.0 Å². The summed E-state index contributed by atoms with van der Waals surface area (Å²) in [7, 11) is 0. The Morgan fingerprint density at radius 2 is 1.89 bits per heavy atom. The minimum Gasteiger partial charge on any atom is -0.331 e. The molecule has 0 saturated heterocycles. The first-order valence-corrected chi connectivity index (χ1v) is 7.34. The van der Waals surface area contributed by atoms with Crippen LogP contribution in [0.2, 0.25) is 5.02 Å².